The predicted molar refractivity (Wildman–Crippen MR) is 117 cm³/mol. The molecule has 0 aliphatic rings. The number of fused-ring (bicyclic) bond motifs is 1. The van der Waals surface area contributed by atoms with Crippen molar-refractivity contribution in [3.05, 3.63) is 45.6 Å². The molecule has 32 heavy (non-hydrogen) atoms. The van der Waals surface area contributed by atoms with E-state index in [2.05, 4.69) is 35.9 Å². The zero-order valence-corrected chi connectivity index (χ0v) is 18.7. The molecule has 0 spiro atoms. The number of hydrogen-bond acceptors (Lipinski definition) is 11. The lowest BCUT2D eigenvalue weighted by Gasteiger charge is -2.08. The van der Waals surface area contributed by atoms with Gasteiger partial charge in [0.15, 0.2) is 5.69 Å². The first-order valence-corrected chi connectivity index (χ1v) is 11.5. The summed E-state index contributed by atoms with van der Waals surface area (Å²) in [5, 5.41) is 14.0. The maximum Gasteiger partial charge on any atom is 0.426 e. The highest BCUT2D eigenvalue weighted by Gasteiger charge is 2.23. The first-order chi connectivity index (χ1) is 15.5. The lowest BCUT2D eigenvalue weighted by Crippen LogP contribution is -2.42. The quantitative estimate of drug-likeness (QED) is 0.302. The van der Waals surface area contributed by atoms with Crippen molar-refractivity contribution in [1.29, 1.82) is 0 Å². The van der Waals surface area contributed by atoms with E-state index in [0.717, 1.165) is 16.3 Å². The van der Waals surface area contributed by atoms with Crippen LogP contribution >= 0.6 is 23.1 Å². The maximum atomic E-state index is 12.4. The number of carbonyl (C=O) groups is 2. The fourth-order valence-corrected chi connectivity index (χ4v) is 4.18. The van der Waals surface area contributed by atoms with E-state index in [1.54, 1.807) is 18.7 Å². The molecule has 0 aliphatic carbocycles. The first kappa shape index (κ1) is 21.8. The van der Waals surface area contributed by atoms with Gasteiger partial charge in [0.25, 0.3) is 5.91 Å². The minimum atomic E-state index is -0.777. The molecule has 0 saturated carbocycles. The van der Waals surface area contributed by atoms with Gasteiger partial charge in [-0.15, -0.1) is 11.3 Å². The SMILES string of the molecule is Cc1nc(-c2c(C(=O)NNC(=O)OCCSCc3ccc4nonc4c3)noc2C)cs1. The molecule has 2 N–H and O–H groups in total. The topological polar surface area (TPSA) is 145 Å². The van der Waals surface area contributed by atoms with Crippen molar-refractivity contribution < 1.29 is 23.5 Å². The molecule has 0 fully saturated rings. The molecule has 3 heterocycles. The van der Waals surface area contributed by atoms with Crippen molar-refractivity contribution in [3.8, 4) is 11.3 Å². The van der Waals surface area contributed by atoms with Crippen LogP contribution in [0.5, 0.6) is 0 Å². The van der Waals surface area contributed by atoms with Crippen LogP contribution in [0.15, 0.2) is 32.7 Å². The number of nitrogens with zero attached hydrogens (tertiary/aromatic N) is 4. The Morgan fingerprint density at radius 1 is 1.16 bits per heavy atom. The summed E-state index contributed by atoms with van der Waals surface area (Å²) < 4.78 is 14.9. The molecule has 0 atom stereocenters. The Morgan fingerprint density at radius 2 is 2.00 bits per heavy atom. The van der Waals surface area contributed by atoms with Crippen molar-refractivity contribution in [1.82, 2.24) is 31.3 Å². The lowest BCUT2D eigenvalue weighted by atomic mass is 10.1. The number of thioether (sulfide) groups is 1. The monoisotopic (exact) mass is 474 g/mol. The van der Waals surface area contributed by atoms with E-state index < -0.39 is 12.0 Å². The third-order valence-electron chi connectivity index (χ3n) is 4.28. The highest BCUT2D eigenvalue weighted by atomic mass is 32.2. The van der Waals surface area contributed by atoms with Crippen LogP contribution in [-0.2, 0) is 10.5 Å². The Morgan fingerprint density at radius 3 is 2.81 bits per heavy atom. The normalized spacial score (nSPS) is 10.9. The Bertz CT molecular complexity index is 1250. The van der Waals surface area contributed by atoms with E-state index in [9.17, 15) is 9.59 Å². The Labute approximate surface area is 189 Å². The Balaban J connectivity index is 1.19. The van der Waals surface area contributed by atoms with E-state index in [1.807, 2.05) is 30.5 Å². The molecule has 4 rings (SSSR count). The summed E-state index contributed by atoms with van der Waals surface area (Å²) in [6.45, 7) is 3.72. The van der Waals surface area contributed by atoms with Crippen LogP contribution in [0.3, 0.4) is 0 Å². The first-order valence-electron chi connectivity index (χ1n) is 9.42. The van der Waals surface area contributed by atoms with Crippen LogP contribution in [0.4, 0.5) is 4.79 Å². The number of amides is 2. The maximum absolute atomic E-state index is 12.4. The summed E-state index contributed by atoms with van der Waals surface area (Å²) >= 11 is 3.03. The van der Waals surface area contributed by atoms with Crippen LogP contribution in [0, 0.1) is 13.8 Å². The number of aromatic nitrogens is 4. The number of hydrogen-bond donors (Lipinski definition) is 2. The zero-order valence-electron chi connectivity index (χ0n) is 17.1. The second-order valence-corrected chi connectivity index (χ2v) is 8.74. The van der Waals surface area contributed by atoms with Crippen molar-refractivity contribution in [2.75, 3.05) is 12.4 Å². The highest BCUT2D eigenvalue weighted by molar-refractivity contribution is 7.98. The molecule has 11 nitrogen and oxygen atoms in total. The summed E-state index contributed by atoms with van der Waals surface area (Å²) in [6.07, 6.45) is -0.777. The van der Waals surface area contributed by atoms with Gasteiger partial charge in [0, 0.05) is 16.9 Å². The summed E-state index contributed by atoms with van der Waals surface area (Å²) in [7, 11) is 0. The van der Waals surface area contributed by atoms with Crippen molar-refractivity contribution >= 4 is 46.1 Å². The minimum Gasteiger partial charge on any atom is -0.447 e. The van der Waals surface area contributed by atoms with E-state index >= 15 is 0 Å². The van der Waals surface area contributed by atoms with Gasteiger partial charge in [0.1, 0.15) is 23.4 Å². The molecule has 0 unspecified atom stereocenters. The number of rotatable bonds is 7. The second-order valence-electron chi connectivity index (χ2n) is 6.57. The van der Waals surface area contributed by atoms with Gasteiger partial charge in [-0.05, 0) is 41.9 Å². The highest BCUT2D eigenvalue weighted by Crippen LogP contribution is 2.28. The fourth-order valence-electron chi connectivity index (χ4n) is 2.81. The van der Waals surface area contributed by atoms with E-state index in [-0.39, 0.29) is 12.3 Å². The number of hydrazine groups is 1. The van der Waals surface area contributed by atoms with Gasteiger partial charge >= 0.3 is 6.09 Å². The van der Waals surface area contributed by atoms with Gasteiger partial charge in [-0.3, -0.25) is 10.2 Å². The number of nitrogens with one attached hydrogen (secondary N) is 2. The third-order valence-corrected chi connectivity index (χ3v) is 6.05. The largest absolute Gasteiger partial charge is 0.447 e. The Hall–Kier alpha value is -3.45. The van der Waals surface area contributed by atoms with Crippen LogP contribution in [-0.4, -0.2) is 44.8 Å². The van der Waals surface area contributed by atoms with E-state index in [1.165, 1.54) is 11.3 Å². The number of ether oxygens (including phenoxy) is 1. The number of aryl methyl sites for hydroxylation is 2. The molecular formula is C19H18N6O5S2. The second kappa shape index (κ2) is 9.78. The molecule has 4 aromatic rings. The predicted octanol–water partition coefficient (Wildman–Crippen LogP) is 3.26. The molecule has 166 valence electrons. The van der Waals surface area contributed by atoms with Crippen molar-refractivity contribution in [2.24, 2.45) is 0 Å². The molecule has 0 bridgehead atoms. The van der Waals surface area contributed by atoms with Gasteiger partial charge < -0.3 is 9.26 Å². The van der Waals surface area contributed by atoms with Gasteiger partial charge in [-0.25, -0.2) is 19.8 Å². The number of carbonyl (C=O) groups excluding carboxylic acids is 2. The summed E-state index contributed by atoms with van der Waals surface area (Å²) in [4.78, 5) is 28.6. The van der Waals surface area contributed by atoms with Crippen molar-refractivity contribution in [3.63, 3.8) is 0 Å². The minimum absolute atomic E-state index is 0.0305. The molecule has 3 aromatic heterocycles. The summed E-state index contributed by atoms with van der Waals surface area (Å²) in [6, 6.07) is 5.68. The molecule has 0 saturated heterocycles. The third kappa shape index (κ3) is 5.06. The van der Waals surface area contributed by atoms with Crippen LogP contribution in [0.25, 0.3) is 22.3 Å². The van der Waals surface area contributed by atoms with Gasteiger partial charge in [-0.2, -0.15) is 11.8 Å². The van der Waals surface area contributed by atoms with Crippen molar-refractivity contribution in [2.45, 2.75) is 19.6 Å². The van der Waals surface area contributed by atoms with Gasteiger partial charge in [0.05, 0.1) is 16.3 Å². The van der Waals surface area contributed by atoms with Gasteiger partial charge in [0.2, 0.25) is 0 Å². The molecule has 0 radical (unpaired) electrons. The average Bonchev–Trinajstić information content (AvgIpc) is 3.51. The van der Waals surface area contributed by atoms with E-state index in [0.29, 0.717) is 33.8 Å². The zero-order chi connectivity index (χ0) is 22.5. The van der Waals surface area contributed by atoms with Crippen LogP contribution < -0.4 is 10.9 Å². The van der Waals surface area contributed by atoms with E-state index in [4.69, 9.17) is 9.26 Å². The molecule has 2 amide bonds. The summed E-state index contributed by atoms with van der Waals surface area (Å²) in [5.41, 5.74) is 8.05. The molecule has 1 aromatic carbocycles. The number of benzene rings is 1. The fraction of sp³-hybridized carbons (Fsp3) is 0.263. The smallest absolute Gasteiger partial charge is 0.426 e. The molecule has 0 aliphatic heterocycles. The number of thiazole rings is 1. The van der Waals surface area contributed by atoms with Gasteiger partial charge in [-0.1, -0.05) is 11.2 Å². The standard InChI is InChI=1S/C19H18N6O5S2/c1-10-16(15-9-32-11(2)20-15)17(25-29-10)18(26)21-22-19(27)28-5-6-31-8-12-3-4-13-14(7-12)24-30-23-13/h3-4,7,9H,5-6,8H2,1-2H3,(H,21,26)(H,22,27). The Kier molecular flexibility index (Phi) is 6.66. The average molecular weight is 475 g/mol. The van der Waals surface area contributed by atoms with Crippen LogP contribution in [0.1, 0.15) is 26.8 Å². The van der Waals surface area contributed by atoms with Crippen LogP contribution in [0.2, 0.25) is 0 Å². The molecular weight excluding hydrogens is 456 g/mol. The molecule has 13 heteroatoms. The summed E-state index contributed by atoms with van der Waals surface area (Å²) in [5.74, 6) is 1.12. The lowest BCUT2D eigenvalue weighted by molar-refractivity contribution is 0.0905.